The molecule has 0 bridgehead atoms. The molecule has 4 nitrogen and oxygen atoms in total. The van der Waals surface area contributed by atoms with E-state index in [1.54, 1.807) is 11.3 Å². The Hall–Kier alpha value is -1.62. The van der Waals surface area contributed by atoms with Crippen LogP contribution >= 0.6 is 11.3 Å². The molecule has 2 aliphatic rings. The number of carbonyl (C=O) groups is 1. The third kappa shape index (κ3) is 2.39. The maximum absolute atomic E-state index is 12.4. The zero-order valence-electron chi connectivity index (χ0n) is 12.0. The first-order valence-corrected chi connectivity index (χ1v) is 8.52. The zero-order valence-corrected chi connectivity index (χ0v) is 12.8. The van der Waals surface area contributed by atoms with Crippen LogP contribution in [0.4, 0.5) is 5.13 Å². The molecule has 2 saturated heterocycles. The van der Waals surface area contributed by atoms with Crippen molar-refractivity contribution in [2.24, 2.45) is 5.92 Å². The Morgan fingerprint density at radius 2 is 1.90 bits per heavy atom. The second-order valence-electron chi connectivity index (χ2n) is 5.95. The molecule has 4 rings (SSSR count). The summed E-state index contributed by atoms with van der Waals surface area (Å²) in [6.45, 7) is 3.57. The smallest absolute Gasteiger partial charge is 0.229 e. The minimum Gasteiger partial charge on any atom is -0.346 e. The van der Waals surface area contributed by atoms with Gasteiger partial charge in [-0.25, -0.2) is 4.98 Å². The van der Waals surface area contributed by atoms with Crippen LogP contribution < -0.4 is 4.90 Å². The zero-order chi connectivity index (χ0) is 14.2. The van der Waals surface area contributed by atoms with Crippen molar-refractivity contribution in [2.45, 2.75) is 19.3 Å². The van der Waals surface area contributed by atoms with E-state index in [2.05, 4.69) is 20.9 Å². The second-order valence-corrected chi connectivity index (χ2v) is 6.96. The summed E-state index contributed by atoms with van der Waals surface area (Å²) < 4.78 is 1.22. The number of fused-ring (bicyclic) bond motifs is 1. The first-order valence-electron chi connectivity index (χ1n) is 7.70. The van der Waals surface area contributed by atoms with Crippen molar-refractivity contribution in [3.8, 4) is 0 Å². The fraction of sp³-hybridized carbons (Fsp3) is 0.500. The number of anilines is 1. The minimum absolute atomic E-state index is 0.176. The number of carbonyl (C=O) groups excluding carboxylic acids is 1. The highest BCUT2D eigenvalue weighted by atomic mass is 32.1. The van der Waals surface area contributed by atoms with Crippen molar-refractivity contribution in [1.82, 2.24) is 9.88 Å². The van der Waals surface area contributed by atoms with Crippen LogP contribution in [0.2, 0.25) is 0 Å². The van der Waals surface area contributed by atoms with Gasteiger partial charge < -0.3 is 9.80 Å². The monoisotopic (exact) mass is 301 g/mol. The molecule has 0 atom stereocenters. The van der Waals surface area contributed by atoms with Crippen LogP contribution in [0.1, 0.15) is 19.3 Å². The van der Waals surface area contributed by atoms with Crippen molar-refractivity contribution < 1.29 is 4.79 Å². The predicted octanol–water partition coefficient (Wildman–Crippen LogP) is 2.75. The number of aromatic nitrogens is 1. The van der Waals surface area contributed by atoms with Gasteiger partial charge in [-0.3, -0.25) is 4.79 Å². The van der Waals surface area contributed by atoms with Gasteiger partial charge in [-0.1, -0.05) is 23.5 Å². The Balaban J connectivity index is 1.41. The standard InChI is InChI=1S/C16H19N3OS/c20-15(18-8-4-1-5-9-18)12-10-19(11-12)16-17-13-6-2-3-7-14(13)21-16/h2-3,6-7,12H,1,4-5,8-11H2. The summed E-state index contributed by atoms with van der Waals surface area (Å²) >= 11 is 1.72. The average Bonchev–Trinajstić information content (AvgIpc) is 2.90. The molecule has 110 valence electrons. The minimum atomic E-state index is 0.176. The summed E-state index contributed by atoms with van der Waals surface area (Å²) in [6.07, 6.45) is 3.60. The molecule has 0 N–H and O–H groups in total. The van der Waals surface area contributed by atoms with E-state index in [1.807, 2.05) is 18.2 Å². The highest BCUT2D eigenvalue weighted by Crippen LogP contribution is 2.33. The van der Waals surface area contributed by atoms with Gasteiger partial charge in [0.05, 0.1) is 16.1 Å². The molecule has 2 aromatic rings. The third-order valence-corrected chi connectivity index (χ3v) is 5.55. The van der Waals surface area contributed by atoms with Gasteiger partial charge in [0.15, 0.2) is 5.13 Å². The van der Waals surface area contributed by atoms with E-state index in [4.69, 9.17) is 0 Å². The van der Waals surface area contributed by atoms with E-state index in [1.165, 1.54) is 24.0 Å². The van der Waals surface area contributed by atoms with E-state index < -0.39 is 0 Å². The quantitative estimate of drug-likeness (QED) is 0.856. The van der Waals surface area contributed by atoms with Crippen molar-refractivity contribution in [2.75, 3.05) is 31.1 Å². The molecule has 1 amide bonds. The van der Waals surface area contributed by atoms with Gasteiger partial charge in [-0.2, -0.15) is 0 Å². The number of thiazole rings is 1. The molecule has 1 aromatic carbocycles. The highest BCUT2D eigenvalue weighted by Gasteiger charge is 2.36. The molecule has 5 heteroatoms. The summed E-state index contributed by atoms with van der Waals surface area (Å²) in [5.74, 6) is 0.530. The Kier molecular flexibility index (Phi) is 3.30. The summed E-state index contributed by atoms with van der Waals surface area (Å²) in [5, 5.41) is 1.05. The highest BCUT2D eigenvalue weighted by molar-refractivity contribution is 7.22. The van der Waals surface area contributed by atoms with Gasteiger partial charge in [-0.05, 0) is 31.4 Å². The summed E-state index contributed by atoms with van der Waals surface area (Å²) in [4.78, 5) is 21.4. The molecule has 21 heavy (non-hydrogen) atoms. The fourth-order valence-electron chi connectivity index (χ4n) is 3.16. The molecule has 0 spiro atoms. The van der Waals surface area contributed by atoms with Crippen LogP contribution in [0, 0.1) is 5.92 Å². The molecule has 0 radical (unpaired) electrons. The van der Waals surface area contributed by atoms with E-state index >= 15 is 0 Å². The first kappa shape index (κ1) is 13.1. The van der Waals surface area contributed by atoms with Crippen LogP contribution in [0.5, 0.6) is 0 Å². The summed E-state index contributed by atoms with van der Waals surface area (Å²) in [7, 11) is 0. The van der Waals surface area contributed by atoms with Gasteiger partial charge in [-0.15, -0.1) is 0 Å². The second kappa shape index (κ2) is 5.30. The number of hydrogen-bond acceptors (Lipinski definition) is 4. The van der Waals surface area contributed by atoms with Crippen molar-refractivity contribution >= 4 is 32.6 Å². The lowest BCUT2D eigenvalue weighted by molar-refractivity contribution is -0.137. The van der Waals surface area contributed by atoms with Crippen LogP contribution in [0.3, 0.4) is 0 Å². The lowest BCUT2D eigenvalue weighted by Crippen LogP contribution is -2.55. The van der Waals surface area contributed by atoms with Crippen molar-refractivity contribution in [1.29, 1.82) is 0 Å². The third-order valence-electron chi connectivity index (χ3n) is 4.45. The normalized spacial score (nSPS) is 19.8. The molecule has 3 heterocycles. The van der Waals surface area contributed by atoms with Crippen molar-refractivity contribution in [3.05, 3.63) is 24.3 Å². The number of hydrogen-bond donors (Lipinski definition) is 0. The Labute approximate surface area is 128 Å². The maximum atomic E-state index is 12.4. The van der Waals surface area contributed by atoms with E-state index in [-0.39, 0.29) is 5.92 Å². The van der Waals surface area contributed by atoms with Crippen molar-refractivity contribution in [3.63, 3.8) is 0 Å². The van der Waals surface area contributed by atoms with Crippen LogP contribution in [0.25, 0.3) is 10.2 Å². The Morgan fingerprint density at radius 3 is 2.67 bits per heavy atom. The van der Waals surface area contributed by atoms with Gasteiger partial charge in [0.1, 0.15) is 0 Å². The molecular formula is C16H19N3OS. The molecule has 0 saturated carbocycles. The largest absolute Gasteiger partial charge is 0.346 e. The predicted molar refractivity (Wildman–Crippen MR) is 85.8 cm³/mol. The molecule has 2 aliphatic heterocycles. The molecule has 1 aromatic heterocycles. The van der Waals surface area contributed by atoms with Gasteiger partial charge in [0.2, 0.25) is 5.91 Å². The summed E-state index contributed by atoms with van der Waals surface area (Å²) in [5.41, 5.74) is 1.06. The summed E-state index contributed by atoms with van der Waals surface area (Å²) in [6, 6.07) is 8.21. The lowest BCUT2D eigenvalue weighted by Gasteiger charge is -2.41. The van der Waals surface area contributed by atoms with E-state index in [0.29, 0.717) is 5.91 Å². The number of amides is 1. The number of benzene rings is 1. The number of likely N-dealkylation sites (tertiary alicyclic amines) is 1. The number of piperidine rings is 1. The molecular weight excluding hydrogens is 282 g/mol. The average molecular weight is 301 g/mol. The lowest BCUT2D eigenvalue weighted by atomic mass is 9.98. The Morgan fingerprint density at radius 1 is 1.14 bits per heavy atom. The van der Waals surface area contributed by atoms with Gasteiger partial charge >= 0.3 is 0 Å². The van der Waals surface area contributed by atoms with E-state index in [0.717, 1.165) is 36.8 Å². The first-order chi connectivity index (χ1) is 10.3. The topological polar surface area (TPSA) is 36.4 Å². The van der Waals surface area contributed by atoms with Crippen LogP contribution in [-0.4, -0.2) is 42.0 Å². The fourth-order valence-corrected chi connectivity index (χ4v) is 4.14. The molecule has 0 aliphatic carbocycles. The van der Waals surface area contributed by atoms with Gasteiger partial charge in [0.25, 0.3) is 0 Å². The maximum Gasteiger partial charge on any atom is 0.229 e. The van der Waals surface area contributed by atoms with Gasteiger partial charge in [0, 0.05) is 26.2 Å². The molecule has 2 fully saturated rings. The van der Waals surface area contributed by atoms with Crippen LogP contribution in [0.15, 0.2) is 24.3 Å². The Bertz CT molecular complexity index is 623. The number of nitrogens with zero attached hydrogens (tertiary/aromatic N) is 3. The molecule has 0 unspecified atom stereocenters. The number of para-hydroxylation sites is 1. The SMILES string of the molecule is O=C(C1CN(c2nc3ccccc3s2)C1)N1CCCCC1. The van der Waals surface area contributed by atoms with E-state index in [9.17, 15) is 4.79 Å². The number of rotatable bonds is 2. The van der Waals surface area contributed by atoms with Crippen LogP contribution in [-0.2, 0) is 4.79 Å².